The summed E-state index contributed by atoms with van der Waals surface area (Å²) in [6.45, 7) is 13.0. The number of benzene rings is 1. The average molecular weight is 308 g/mol. The van der Waals surface area contributed by atoms with Crippen LogP contribution in [0.25, 0.3) is 6.08 Å². The molecule has 0 heterocycles. The molecule has 118 valence electrons. The lowest BCUT2D eigenvalue weighted by molar-refractivity contribution is 0.332. The Morgan fingerprint density at radius 1 is 1.24 bits per heavy atom. The zero-order chi connectivity index (χ0) is 16.3. The summed E-state index contributed by atoms with van der Waals surface area (Å²) in [6.07, 6.45) is 1.94. The first-order valence-electron chi connectivity index (χ1n) is 7.26. The highest BCUT2D eigenvalue weighted by Crippen LogP contribution is 2.40. The minimum Gasteiger partial charge on any atom is -0.541 e. The molecule has 1 N–H and O–H groups in total. The van der Waals surface area contributed by atoms with Gasteiger partial charge in [0.25, 0.3) is 8.32 Å². The molecule has 0 bridgehead atoms. The fraction of sp³-hybridized carbons (Fsp3) is 0.529. The predicted molar refractivity (Wildman–Crippen MR) is 91.6 cm³/mol. The van der Waals surface area contributed by atoms with Gasteiger partial charge in [0.05, 0.1) is 13.7 Å². The normalized spacial score (nSPS) is 13.2. The van der Waals surface area contributed by atoms with E-state index in [9.17, 15) is 0 Å². The maximum absolute atomic E-state index is 9.10. The molecule has 0 spiro atoms. The van der Waals surface area contributed by atoms with E-state index in [4.69, 9.17) is 14.3 Å². The van der Waals surface area contributed by atoms with Crippen LogP contribution in [-0.2, 0) is 0 Å². The van der Waals surface area contributed by atoms with Crippen LogP contribution in [0.15, 0.2) is 23.8 Å². The van der Waals surface area contributed by atoms with E-state index in [0.29, 0.717) is 0 Å². The molecule has 0 radical (unpaired) electrons. The molecule has 0 fully saturated rings. The van der Waals surface area contributed by atoms with Crippen molar-refractivity contribution >= 4 is 14.4 Å². The van der Waals surface area contributed by atoms with Gasteiger partial charge < -0.3 is 14.3 Å². The largest absolute Gasteiger partial charge is 0.541 e. The second kappa shape index (κ2) is 6.67. The highest BCUT2D eigenvalue weighted by molar-refractivity contribution is 6.74. The zero-order valence-electron chi connectivity index (χ0n) is 14.3. The van der Waals surface area contributed by atoms with Gasteiger partial charge in [-0.1, -0.05) is 32.9 Å². The van der Waals surface area contributed by atoms with E-state index in [1.807, 2.05) is 31.2 Å². The molecular weight excluding hydrogens is 280 g/mol. The number of ether oxygens (including phenoxy) is 1. The van der Waals surface area contributed by atoms with Gasteiger partial charge >= 0.3 is 0 Å². The summed E-state index contributed by atoms with van der Waals surface area (Å²) in [5.74, 6) is 1.53. The Morgan fingerprint density at radius 3 is 2.33 bits per heavy atom. The van der Waals surface area contributed by atoms with Gasteiger partial charge in [0.1, 0.15) is 5.75 Å². The second-order valence-electron chi connectivity index (χ2n) is 6.92. The van der Waals surface area contributed by atoms with E-state index in [1.165, 1.54) is 0 Å². The smallest absolute Gasteiger partial charge is 0.250 e. The van der Waals surface area contributed by atoms with Crippen LogP contribution in [0.2, 0.25) is 18.1 Å². The Morgan fingerprint density at radius 2 is 1.86 bits per heavy atom. The third-order valence-corrected chi connectivity index (χ3v) is 8.36. The van der Waals surface area contributed by atoms with Gasteiger partial charge in [-0.15, -0.1) is 0 Å². The second-order valence-corrected chi connectivity index (χ2v) is 11.6. The Labute approximate surface area is 129 Å². The topological polar surface area (TPSA) is 38.7 Å². The summed E-state index contributed by atoms with van der Waals surface area (Å²) >= 11 is 0. The molecular formula is C17H28O3Si. The Kier molecular flexibility index (Phi) is 5.65. The molecule has 0 amide bonds. The van der Waals surface area contributed by atoms with E-state index in [0.717, 1.165) is 22.6 Å². The standard InChI is InChI=1S/C17H28O3Si/c1-13(12-18)10-14-8-9-15(16(11-14)19-5)20-21(6,7)17(2,3)4/h8-11,18H,12H2,1-7H3. The summed E-state index contributed by atoms with van der Waals surface area (Å²) in [4.78, 5) is 0. The highest BCUT2D eigenvalue weighted by Gasteiger charge is 2.39. The molecule has 0 unspecified atom stereocenters. The van der Waals surface area contributed by atoms with Gasteiger partial charge in [-0.25, -0.2) is 0 Å². The third kappa shape index (κ3) is 4.61. The first-order valence-corrected chi connectivity index (χ1v) is 10.2. The monoisotopic (exact) mass is 308 g/mol. The highest BCUT2D eigenvalue weighted by atomic mass is 28.4. The maximum atomic E-state index is 9.10. The van der Waals surface area contributed by atoms with Crippen molar-refractivity contribution in [2.75, 3.05) is 13.7 Å². The van der Waals surface area contributed by atoms with E-state index in [-0.39, 0.29) is 11.6 Å². The van der Waals surface area contributed by atoms with Crippen LogP contribution < -0.4 is 9.16 Å². The van der Waals surface area contributed by atoms with Crippen molar-refractivity contribution in [3.05, 3.63) is 29.3 Å². The molecule has 0 aliphatic rings. The lowest BCUT2D eigenvalue weighted by atomic mass is 10.1. The number of methoxy groups -OCH3 is 1. The van der Waals surface area contributed by atoms with Crippen molar-refractivity contribution < 1.29 is 14.3 Å². The van der Waals surface area contributed by atoms with Crippen LogP contribution in [0.5, 0.6) is 11.5 Å². The molecule has 0 aromatic heterocycles. The van der Waals surface area contributed by atoms with Crippen molar-refractivity contribution in [2.24, 2.45) is 0 Å². The zero-order valence-corrected chi connectivity index (χ0v) is 15.3. The van der Waals surface area contributed by atoms with Gasteiger partial charge in [-0.05, 0) is 48.3 Å². The van der Waals surface area contributed by atoms with Gasteiger partial charge in [0.2, 0.25) is 0 Å². The molecule has 3 nitrogen and oxygen atoms in total. The first kappa shape index (κ1) is 17.8. The number of aliphatic hydroxyl groups excluding tert-OH is 1. The van der Waals surface area contributed by atoms with E-state index >= 15 is 0 Å². The van der Waals surface area contributed by atoms with Crippen LogP contribution in [-0.4, -0.2) is 27.1 Å². The molecule has 0 saturated heterocycles. The predicted octanol–water partition coefficient (Wildman–Crippen LogP) is 4.47. The maximum Gasteiger partial charge on any atom is 0.250 e. The van der Waals surface area contributed by atoms with Crippen LogP contribution in [0.3, 0.4) is 0 Å². The summed E-state index contributed by atoms with van der Waals surface area (Å²) < 4.78 is 11.8. The van der Waals surface area contributed by atoms with E-state index in [2.05, 4.69) is 33.9 Å². The molecule has 1 aromatic rings. The fourth-order valence-corrected chi connectivity index (χ4v) is 2.64. The van der Waals surface area contributed by atoms with Crippen molar-refractivity contribution in [3.63, 3.8) is 0 Å². The van der Waals surface area contributed by atoms with Gasteiger partial charge in [-0.3, -0.25) is 0 Å². The molecule has 1 rings (SSSR count). The molecule has 0 aliphatic carbocycles. The average Bonchev–Trinajstić information content (AvgIpc) is 2.38. The lowest BCUT2D eigenvalue weighted by Gasteiger charge is -2.36. The van der Waals surface area contributed by atoms with Crippen LogP contribution in [0.1, 0.15) is 33.3 Å². The SMILES string of the molecule is COc1cc(C=C(C)CO)ccc1O[Si](C)(C)C(C)(C)C. The van der Waals surface area contributed by atoms with Crippen molar-refractivity contribution in [2.45, 2.75) is 45.8 Å². The van der Waals surface area contributed by atoms with Gasteiger partial charge in [0.15, 0.2) is 5.75 Å². The molecule has 0 aliphatic heterocycles. The first-order chi connectivity index (χ1) is 9.60. The number of hydrogen-bond acceptors (Lipinski definition) is 3. The summed E-state index contributed by atoms with van der Waals surface area (Å²) in [5, 5.41) is 9.24. The Bertz CT molecular complexity index is 513. The summed E-state index contributed by atoms with van der Waals surface area (Å²) in [5.41, 5.74) is 1.91. The van der Waals surface area contributed by atoms with Crippen molar-refractivity contribution in [3.8, 4) is 11.5 Å². The molecule has 21 heavy (non-hydrogen) atoms. The van der Waals surface area contributed by atoms with E-state index in [1.54, 1.807) is 7.11 Å². The van der Waals surface area contributed by atoms with Gasteiger partial charge in [-0.2, -0.15) is 0 Å². The van der Waals surface area contributed by atoms with Crippen LogP contribution >= 0.6 is 0 Å². The molecule has 0 saturated carbocycles. The van der Waals surface area contributed by atoms with Crippen LogP contribution in [0, 0.1) is 0 Å². The number of aliphatic hydroxyl groups is 1. The molecule has 4 heteroatoms. The van der Waals surface area contributed by atoms with E-state index < -0.39 is 8.32 Å². The Balaban J connectivity index is 3.11. The Hall–Kier alpha value is -1.26. The van der Waals surface area contributed by atoms with Crippen molar-refractivity contribution in [1.82, 2.24) is 0 Å². The lowest BCUT2D eigenvalue weighted by Crippen LogP contribution is -2.43. The fourth-order valence-electron chi connectivity index (χ4n) is 1.62. The molecule has 0 atom stereocenters. The minimum absolute atomic E-state index is 0.0601. The van der Waals surface area contributed by atoms with Crippen LogP contribution in [0.4, 0.5) is 0 Å². The molecule has 1 aromatic carbocycles. The number of hydrogen-bond donors (Lipinski definition) is 1. The number of rotatable bonds is 5. The minimum atomic E-state index is -1.89. The summed E-state index contributed by atoms with van der Waals surface area (Å²) in [6, 6.07) is 5.89. The third-order valence-electron chi connectivity index (χ3n) is 4.02. The van der Waals surface area contributed by atoms with Gasteiger partial charge in [0, 0.05) is 0 Å². The quantitative estimate of drug-likeness (QED) is 0.815. The summed E-state index contributed by atoms with van der Waals surface area (Å²) in [7, 11) is -0.232. The van der Waals surface area contributed by atoms with Crippen molar-refractivity contribution in [1.29, 1.82) is 0 Å².